The number of aromatic nitrogens is 2. The molecule has 0 radical (unpaired) electrons. The Hall–Kier alpha value is -3.84. The fourth-order valence-corrected chi connectivity index (χ4v) is 4.68. The first kappa shape index (κ1) is 25.3. The van der Waals surface area contributed by atoms with Crippen molar-refractivity contribution < 1.29 is 14.3 Å². The summed E-state index contributed by atoms with van der Waals surface area (Å²) in [7, 11) is 0. The van der Waals surface area contributed by atoms with E-state index in [2.05, 4.69) is 14.9 Å². The fourth-order valence-electron chi connectivity index (χ4n) is 3.88. The van der Waals surface area contributed by atoms with Gasteiger partial charge in [-0.25, -0.2) is 4.98 Å². The van der Waals surface area contributed by atoms with Gasteiger partial charge >= 0.3 is 5.97 Å². The minimum Gasteiger partial charge on any atom is -0.466 e. The largest absolute Gasteiger partial charge is 0.466 e. The normalized spacial score (nSPS) is 11.6. The number of esters is 1. The second-order valence-electron chi connectivity index (χ2n) is 8.29. The number of nitrogens with zero attached hydrogens (tertiary/aromatic N) is 2. The lowest BCUT2D eigenvalue weighted by Gasteiger charge is -2.19. The van der Waals surface area contributed by atoms with Gasteiger partial charge in [0.05, 0.1) is 36.7 Å². The molecule has 4 aromatic rings. The average Bonchev–Trinajstić information content (AvgIpc) is 3.33. The highest BCUT2D eigenvalue weighted by molar-refractivity contribution is 7.99. The number of hydrogen-bond acceptors (Lipinski definition) is 5. The van der Waals surface area contributed by atoms with Crippen LogP contribution in [0.2, 0.25) is 0 Å². The number of aryl methyl sites for hydroxylation is 1. The van der Waals surface area contributed by atoms with E-state index in [0.29, 0.717) is 11.8 Å². The lowest BCUT2D eigenvalue weighted by Crippen LogP contribution is -2.32. The lowest BCUT2D eigenvalue weighted by molar-refractivity contribution is -0.143. The average molecular weight is 500 g/mol. The van der Waals surface area contributed by atoms with Crippen LogP contribution < -0.4 is 5.32 Å². The smallest absolute Gasteiger partial charge is 0.308 e. The molecule has 0 aliphatic heterocycles. The summed E-state index contributed by atoms with van der Waals surface area (Å²) in [4.78, 5) is 29.8. The molecule has 184 valence electrons. The molecule has 1 heterocycles. The van der Waals surface area contributed by atoms with Gasteiger partial charge in [-0.1, -0.05) is 90.1 Å². The van der Waals surface area contributed by atoms with Crippen molar-refractivity contribution in [3.05, 3.63) is 102 Å². The molecule has 0 aliphatic carbocycles. The summed E-state index contributed by atoms with van der Waals surface area (Å²) in [5.41, 5.74) is 4.93. The Morgan fingerprint density at radius 1 is 0.972 bits per heavy atom. The summed E-state index contributed by atoms with van der Waals surface area (Å²) in [5.74, 6) is -0.370. The molecule has 7 heteroatoms. The van der Waals surface area contributed by atoms with Crippen LogP contribution in [-0.4, -0.2) is 33.8 Å². The monoisotopic (exact) mass is 499 g/mol. The van der Waals surface area contributed by atoms with E-state index in [1.54, 1.807) is 6.92 Å². The molecule has 1 unspecified atom stereocenters. The van der Waals surface area contributed by atoms with Gasteiger partial charge in [0.1, 0.15) is 0 Å². The highest BCUT2D eigenvalue weighted by Gasteiger charge is 2.21. The van der Waals surface area contributed by atoms with Crippen LogP contribution >= 0.6 is 11.8 Å². The Morgan fingerprint density at radius 2 is 1.64 bits per heavy atom. The number of rotatable bonds is 10. The Bertz CT molecular complexity index is 1290. The molecule has 1 N–H and O–H groups in total. The zero-order chi connectivity index (χ0) is 25.3. The maximum absolute atomic E-state index is 13.0. The molecule has 3 aromatic carbocycles. The number of ether oxygens (including phenoxy) is 1. The van der Waals surface area contributed by atoms with Crippen LogP contribution in [0.4, 0.5) is 0 Å². The van der Waals surface area contributed by atoms with Gasteiger partial charge in [0.15, 0.2) is 5.16 Å². The predicted molar refractivity (Wildman–Crippen MR) is 143 cm³/mol. The molecule has 0 saturated heterocycles. The van der Waals surface area contributed by atoms with E-state index in [4.69, 9.17) is 4.74 Å². The Morgan fingerprint density at radius 3 is 2.31 bits per heavy atom. The van der Waals surface area contributed by atoms with E-state index < -0.39 is 6.04 Å². The molecular weight excluding hydrogens is 470 g/mol. The van der Waals surface area contributed by atoms with E-state index in [1.807, 2.05) is 98.0 Å². The molecule has 0 saturated carbocycles. The number of para-hydroxylation sites is 1. The molecule has 1 aromatic heterocycles. The van der Waals surface area contributed by atoms with Gasteiger partial charge in [-0.2, -0.15) is 0 Å². The number of amides is 1. The van der Waals surface area contributed by atoms with Crippen molar-refractivity contribution in [1.82, 2.24) is 14.9 Å². The molecule has 36 heavy (non-hydrogen) atoms. The van der Waals surface area contributed by atoms with E-state index in [1.165, 1.54) is 11.8 Å². The number of imidazole rings is 1. The van der Waals surface area contributed by atoms with E-state index in [0.717, 1.165) is 28.1 Å². The highest BCUT2D eigenvalue weighted by atomic mass is 32.2. The summed E-state index contributed by atoms with van der Waals surface area (Å²) in [6.07, 6.45) is 1.91. The first-order valence-corrected chi connectivity index (χ1v) is 12.9. The fraction of sp³-hybridized carbons (Fsp3) is 0.207. The Balaban J connectivity index is 1.52. The van der Waals surface area contributed by atoms with Crippen LogP contribution in [0, 0.1) is 6.92 Å². The number of hydrogen-bond donors (Lipinski definition) is 1. The highest BCUT2D eigenvalue weighted by Crippen LogP contribution is 2.30. The quantitative estimate of drug-likeness (QED) is 0.222. The molecule has 4 rings (SSSR count). The second-order valence-corrected chi connectivity index (χ2v) is 9.23. The van der Waals surface area contributed by atoms with Gasteiger partial charge in [0, 0.05) is 11.3 Å². The second kappa shape index (κ2) is 12.2. The maximum atomic E-state index is 13.0. The van der Waals surface area contributed by atoms with Crippen LogP contribution in [0.25, 0.3) is 16.9 Å². The molecule has 0 bridgehead atoms. The lowest BCUT2D eigenvalue weighted by atomic mass is 10.0. The minimum absolute atomic E-state index is 0.0735. The zero-order valence-corrected chi connectivity index (χ0v) is 21.2. The Labute approximate surface area is 215 Å². The van der Waals surface area contributed by atoms with Crippen molar-refractivity contribution in [1.29, 1.82) is 0 Å². The van der Waals surface area contributed by atoms with Crippen molar-refractivity contribution in [3.8, 4) is 16.9 Å². The number of carbonyl (C=O) groups excluding carboxylic acids is 2. The van der Waals surface area contributed by atoms with Crippen LogP contribution in [0.5, 0.6) is 0 Å². The number of carbonyl (C=O) groups is 2. The van der Waals surface area contributed by atoms with Crippen molar-refractivity contribution in [2.45, 2.75) is 31.5 Å². The summed E-state index contributed by atoms with van der Waals surface area (Å²) in [6.45, 7) is 4.07. The van der Waals surface area contributed by atoms with Crippen LogP contribution in [0.1, 0.15) is 30.5 Å². The molecule has 0 spiro atoms. The van der Waals surface area contributed by atoms with Crippen molar-refractivity contribution in [2.75, 3.05) is 12.4 Å². The van der Waals surface area contributed by atoms with Crippen LogP contribution in [0.15, 0.2) is 96.3 Å². The van der Waals surface area contributed by atoms with Gasteiger partial charge in [-0.05, 0) is 31.5 Å². The SMILES string of the molecule is CCOC(=O)CC(NC(=O)CSc1ncc(-c2ccccc2)n1-c1ccccc1)c1ccc(C)cc1. The molecule has 0 fully saturated rings. The van der Waals surface area contributed by atoms with Gasteiger partial charge in [0.25, 0.3) is 0 Å². The van der Waals surface area contributed by atoms with Crippen LogP contribution in [-0.2, 0) is 14.3 Å². The first-order valence-electron chi connectivity index (χ1n) is 11.9. The third-order valence-electron chi connectivity index (χ3n) is 5.64. The molecule has 0 aliphatic rings. The van der Waals surface area contributed by atoms with E-state index in [9.17, 15) is 9.59 Å². The van der Waals surface area contributed by atoms with Gasteiger partial charge in [0.2, 0.25) is 5.91 Å². The van der Waals surface area contributed by atoms with Gasteiger partial charge in [-0.15, -0.1) is 0 Å². The Kier molecular flexibility index (Phi) is 8.57. The van der Waals surface area contributed by atoms with Crippen molar-refractivity contribution >= 4 is 23.6 Å². The molecule has 1 atom stereocenters. The van der Waals surface area contributed by atoms with E-state index >= 15 is 0 Å². The third-order valence-corrected chi connectivity index (χ3v) is 6.59. The van der Waals surface area contributed by atoms with E-state index in [-0.39, 0.29) is 24.1 Å². The number of nitrogens with one attached hydrogen (secondary N) is 1. The standard InChI is InChI=1S/C29H29N3O3S/c1-3-35-28(34)18-25(22-16-14-21(2)15-17-22)31-27(33)20-36-29-30-19-26(23-10-6-4-7-11-23)32(29)24-12-8-5-9-13-24/h4-17,19,25H,3,18,20H2,1-2H3,(H,31,33). The molecule has 6 nitrogen and oxygen atoms in total. The van der Waals surface area contributed by atoms with Gasteiger partial charge < -0.3 is 10.1 Å². The van der Waals surface area contributed by atoms with Crippen molar-refractivity contribution in [2.24, 2.45) is 0 Å². The van der Waals surface area contributed by atoms with Gasteiger partial charge in [-0.3, -0.25) is 14.2 Å². The maximum Gasteiger partial charge on any atom is 0.308 e. The van der Waals surface area contributed by atoms with Crippen molar-refractivity contribution in [3.63, 3.8) is 0 Å². The topological polar surface area (TPSA) is 73.2 Å². The summed E-state index contributed by atoms with van der Waals surface area (Å²) >= 11 is 1.36. The summed E-state index contributed by atoms with van der Waals surface area (Å²) in [5, 5.41) is 3.73. The summed E-state index contributed by atoms with van der Waals surface area (Å²) in [6, 6.07) is 27.3. The van der Waals surface area contributed by atoms with Crippen LogP contribution in [0.3, 0.4) is 0 Å². The third kappa shape index (κ3) is 6.43. The minimum atomic E-state index is -0.466. The number of benzene rings is 3. The molecule has 1 amide bonds. The molecular formula is C29H29N3O3S. The predicted octanol–water partition coefficient (Wildman–Crippen LogP) is 5.75. The number of thioether (sulfide) groups is 1. The first-order chi connectivity index (χ1) is 17.5. The summed E-state index contributed by atoms with van der Waals surface area (Å²) < 4.78 is 7.19. The zero-order valence-electron chi connectivity index (χ0n) is 20.4.